The van der Waals surface area contributed by atoms with Gasteiger partial charge in [-0.2, -0.15) is 0 Å². The van der Waals surface area contributed by atoms with Crippen molar-refractivity contribution in [3.63, 3.8) is 0 Å². The van der Waals surface area contributed by atoms with Gasteiger partial charge in [0.25, 0.3) is 0 Å². The lowest BCUT2D eigenvalue weighted by Crippen LogP contribution is -2.08. The standard InChI is InChI=1S/C23H23BrN2O2/c1-16-8-10-20(13-22(16)26-17(2)27)25-14-19-9-11-23(21(24)12-19)28-15-18-6-4-3-5-7-18/h3-13,25H,14-15H2,1-2H3,(H,26,27). The van der Waals surface area contributed by atoms with Crippen LogP contribution in [0.2, 0.25) is 0 Å². The van der Waals surface area contributed by atoms with Crippen LogP contribution in [-0.2, 0) is 17.9 Å². The van der Waals surface area contributed by atoms with Crippen LogP contribution in [0.1, 0.15) is 23.6 Å². The monoisotopic (exact) mass is 438 g/mol. The number of aryl methyl sites for hydroxylation is 1. The Morgan fingerprint density at radius 3 is 2.50 bits per heavy atom. The Kier molecular flexibility index (Phi) is 6.71. The topological polar surface area (TPSA) is 50.4 Å². The third-order valence-electron chi connectivity index (χ3n) is 4.28. The third-order valence-corrected chi connectivity index (χ3v) is 4.90. The minimum Gasteiger partial charge on any atom is -0.488 e. The second kappa shape index (κ2) is 9.42. The number of ether oxygens (including phenoxy) is 1. The van der Waals surface area contributed by atoms with Gasteiger partial charge in [0.05, 0.1) is 4.47 Å². The summed E-state index contributed by atoms with van der Waals surface area (Å²) >= 11 is 3.59. The number of hydrogen-bond donors (Lipinski definition) is 2. The van der Waals surface area contributed by atoms with E-state index >= 15 is 0 Å². The van der Waals surface area contributed by atoms with E-state index in [9.17, 15) is 4.79 Å². The van der Waals surface area contributed by atoms with Gasteiger partial charge in [0.15, 0.2) is 0 Å². The van der Waals surface area contributed by atoms with E-state index in [0.29, 0.717) is 13.2 Å². The first-order valence-electron chi connectivity index (χ1n) is 9.08. The lowest BCUT2D eigenvalue weighted by Gasteiger charge is -2.13. The van der Waals surface area contributed by atoms with E-state index in [1.54, 1.807) is 0 Å². The highest BCUT2D eigenvalue weighted by atomic mass is 79.9. The van der Waals surface area contributed by atoms with Crippen LogP contribution < -0.4 is 15.4 Å². The Morgan fingerprint density at radius 2 is 1.79 bits per heavy atom. The Bertz CT molecular complexity index is 958. The molecule has 0 fully saturated rings. The zero-order chi connectivity index (χ0) is 19.9. The molecule has 28 heavy (non-hydrogen) atoms. The summed E-state index contributed by atoms with van der Waals surface area (Å²) in [5.41, 5.74) is 5.07. The number of rotatable bonds is 7. The van der Waals surface area contributed by atoms with E-state index in [4.69, 9.17) is 4.74 Å². The van der Waals surface area contributed by atoms with E-state index in [0.717, 1.165) is 38.3 Å². The molecule has 0 saturated carbocycles. The average molecular weight is 439 g/mol. The molecule has 1 amide bonds. The van der Waals surface area contributed by atoms with E-state index in [1.807, 2.05) is 67.6 Å². The molecule has 0 heterocycles. The number of carbonyl (C=O) groups excluding carboxylic acids is 1. The maximum atomic E-state index is 11.3. The molecule has 0 aliphatic heterocycles. The summed E-state index contributed by atoms with van der Waals surface area (Å²) in [7, 11) is 0. The smallest absolute Gasteiger partial charge is 0.221 e. The van der Waals surface area contributed by atoms with Crippen LogP contribution in [0.25, 0.3) is 0 Å². The minimum absolute atomic E-state index is 0.0738. The number of benzene rings is 3. The fraction of sp³-hybridized carbons (Fsp3) is 0.174. The molecule has 0 atom stereocenters. The first-order valence-corrected chi connectivity index (χ1v) is 9.88. The van der Waals surface area contributed by atoms with Crippen molar-refractivity contribution in [1.29, 1.82) is 0 Å². The van der Waals surface area contributed by atoms with E-state index < -0.39 is 0 Å². The number of halogens is 1. The van der Waals surface area contributed by atoms with Crippen LogP contribution in [-0.4, -0.2) is 5.91 Å². The molecule has 2 N–H and O–H groups in total. The Hall–Kier alpha value is -2.79. The van der Waals surface area contributed by atoms with Gasteiger partial charge in [-0.25, -0.2) is 0 Å². The number of nitrogens with one attached hydrogen (secondary N) is 2. The molecule has 3 rings (SSSR count). The molecule has 4 nitrogen and oxygen atoms in total. The molecule has 0 bridgehead atoms. The molecule has 0 radical (unpaired) electrons. The Labute approximate surface area is 174 Å². The highest BCUT2D eigenvalue weighted by molar-refractivity contribution is 9.10. The van der Waals surface area contributed by atoms with Crippen molar-refractivity contribution in [2.45, 2.75) is 27.0 Å². The van der Waals surface area contributed by atoms with E-state index in [2.05, 4.69) is 32.6 Å². The summed E-state index contributed by atoms with van der Waals surface area (Å²) in [4.78, 5) is 11.3. The Morgan fingerprint density at radius 1 is 1.00 bits per heavy atom. The number of anilines is 2. The lowest BCUT2D eigenvalue weighted by molar-refractivity contribution is -0.114. The van der Waals surface area contributed by atoms with Crippen LogP contribution in [0, 0.1) is 6.92 Å². The second-order valence-electron chi connectivity index (χ2n) is 6.60. The summed E-state index contributed by atoms with van der Waals surface area (Å²) in [6.45, 7) is 4.69. The lowest BCUT2D eigenvalue weighted by atomic mass is 10.1. The molecule has 0 saturated heterocycles. The fourth-order valence-corrected chi connectivity index (χ4v) is 3.31. The van der Waals surface area contributed by atoms with Crippen molar-refractivity contribution in [3.05, 3.63) is 87.9 Å². The number of amides is 1. The number of hydrogen-bond acceptors (Lipinski definition) is 3. The van der Waals surface area contributed by atoms with Gasteiger partial charge in [-0.1, -0.05) is 42.5 Å². The van der Waals surface area contributed by atoms with Gasteiger partial charge in [-0.3, -0.25) is 4.79 Å². The van der Waals surface area contributed by atoms with Gasteiger partial charge < -0.3 is 15.4 Å². The average Bonchev–Trinajstić information content (AvgIpc) is 2.68. The van der Waals surface area contributed by atoms with Crippen LogP contribution in [0.5, 0.6) is 5.75 Å². The molecule has 3 aromatic rings. The first kappa shape index (κ1) is 20.0. The quantitative estimate of drug-likeness (QED) is 0.482. The first-order chi connectivity index (χ1) is 13.5. The summed E-state index contributed by atoms with van der Waals surface area (Å²) in [5, 5.41) is 6.25. The summed E-state index contributed by atoms with van der Waals surface area (Å²) < 4.78 is 6.82. The van der Waals surface area contributed by atoms with Gasteiger partial charge in [0, 0.05) is 24.8 Å². The van der Waals surface area contributed by atoms with Crippen LogP contribution in [0.3, 0.4) is 0 Å². The molecule has 5 heteroatoms. The Balaban J connectivity index is 1.61. The van der Waals surface area contributed by atoms with Crippen molar-refractivity contribution in [2.75, 3.05) is 10.6 Å². The maximum Gasteiger partial charge on any atom is 0.221 e. The van der Waals surface area contributed by atoms with Gasteiger partial charge in [0.2, 0.25) is 5.91 Å². The zero-order valence-corrected chi connectivity index (χ0v) is 17.5. The highest BCUT2D eigenvalue weighted by Gasteiger charge is 2.05. The highest BCUT2D eigenvalue weighted by Crippen LogP contribution is 2.27. The number of carbonyl (C=O) groups is 1. The molecule has 0 spiro atoms. The minimum atomic E-state index is -0.0738. The predicted octanol–water partition coefficient (Wildman–Crippen LogP) is 5.91. The summed E-state index contributed by atoms with van der Waals surface area (Å²) in [5.74, 6) is 0.742. The van der Waals surface area contributed by atoms with Crippen LogP contribution >= 0.6 is 15.9 Å². The zero-order valence-electron chi connectivity index (χ0n) is 16.0. The van der Waals surface area contributed by atoms with Crippen LogP contribution in [0.15, 0.2) is 71.2 Å². The molecule has 0 aliphatic carbocycles. The van der Waals surface area contributed by atoms with Gasteiger partial charge in [-0.05, 0) is 63.8 Å². The third kappa shape index (κ3) is 5.60. The van der Waals surface area contributed by atoms with Crippen molar-refractivity contribution in [3.8, 4) is 5.75 Å². The van der Waals surface area contributed by atoms with Gasteiger partial charge in [-0.15, -0.1) is 0 Å². The van der Waals surface area contributed by atoms with Crippen molar-refractivity contribution < 1.29 is 9.53 Å². The molecule has 0 aromatic heterocycles. The molecule has 0 unspecified atom stereocenters. The largest absolute Gasteiger partial charge is 0.488 e. The van der Waals surface area contributed by atoms with Crippen molar-refractivity contribution >= 4 is 33.2 Å². The summed E-state index contributed by atoms with van der Waals surface area (Å²) in [6.07, 6.45) is 0. The van der Waals surface area contributed by atoms with Crippen molar-refractivity contribution in [2.24, 2.45) is 0 Å². The molecular formula is C23H23BrN2O2. The molecule has 0 aliphatic rings. The molecular weight excluding hydrogens is 416 g/mol. The summed E-state index contributed by atoms with van der Waals surface area (Å²) in [6, 6.07) is 22.1. The molecule has 144 valence electrons. The van der Waals surface area contributed by atoms with Crippen LogP contribution in [0.4, 0.5) is 11.4 Å². The maximum absolute atomic E-state index is 11.3. The van der Waals surface area contributed by atoms with E-state index in [-0.39, 0.29) is 5.91 Å². The fourth-order valence-electron chi connectivity index (χ4n) is 2.77. The van der Waals surface area contributed by atoms with Crippen molar-refractivity contribution in [1.82, 2.24) is 0 Å². The SMILES string of the molecule is CC(=O)Nc1cc(NCc2ccc(OCc3ccccc3)c(Br)c2)ccc1C. The predicted molar refractivity (Wildman–Crippen MR) is 118 cm³/mol. The molecule has 3 aromatic carbocycles. The van der Waals surface area contributed by atoms with Gasteiger partial charge >= 0.3 is 0 Å². The normalized spacial score (nSPS) is 10.4. The van der Waals surface area contributed by atoms with Gasteiger partial charge in [0.1, 0.15) is 12.4 Å². The van der Waals surface area contributed by atoms with E-state index in [1.165, 1.54) is 6.92 Å². The second-order valence-corrected chi connectivity index (χ2v) is 7.46.